The Morgan fingerprint density at radius 1 is 0.895 bits per heavy atom. The van der Waals surface area contributed by atoms with Crippen LogP contribution in [0.25, 0.3) is 0 Å². The molecule has 0 spiro atoms. The van der Waals surface area contributed by atoms with E-state index in [9.17, 15) is 9.59 Å². The van der Waals surface area contributed by atoms with E-state index in [2.05, 4.69) is 5.32 Å². The fourth-order valence-corrected chi connectivity index (χ4v) is 2.59. The van der Waals surface area contributed by atoms with Gasteiger partial charge in [-0.15, -0.1) is 0 Å². The van der Waals surface area contributed by atoms with Gasteiger partial charge in [-0.1, -0.05) is 35.8 Å². The minimum Gasteiger partial charge on any atom is -0.388 e. The molecule has 3 rings (SSSR count). The van der Waals surface area contributed by atoms with Crippen molar-refractivity contribution in [1.82, 2.24) is 0 Å². The second-order valence-electron chi connectivity index (χ2n) is 4.63. The molecule has 4 heteroatoms. The monoisotopic (exact) mass is 249 g/mol. The van der Waals surface area contributed by atoms with Crippen molar-refractivity contribution in [2.24, 2.45) is 0 Å². The first-order valence-corrected chi connectivity index (χ1v) is 6.15. The molecule has 0 saturated heterocycles. The molecule has 0 bridgehead atoms. The zero-order valence-corrected chi connectivity index (χ0v) is 10.8. The van der Waals surface area contributed by atoms with E-state index < -0.39 is 0 Å². The number of hydrogen-bond donors (Lipinski definition) is 1. The number of hydrogen-bond acceptors (Lipinski definition) is 3. The Kier molecular flexibility index (Phi) is 2.52. The number of benzene rings is 2. The van der Waals surface area contributed by atoms with Gasteiger partial charge in [0.2, 0.25) is 0 Å². The van der Waals surface area contributed by atoms with Crippen molar-refractivity contribution in [3.8, 4) is 0 Å². The van der Waals surface area contributed by atoms with Gasteiger partial charge in [0.05, 0.1) is 5.56 Å². The summed E-state index contributed by atoms with van der Waals surface area (Å²) in [7, 11) is 3.61. The SMILES string of the molecule is Bc1ccc(NC)c2c1C(=O)c1ccccc1C2=O. The van der Waals surface area contributed by atoms with Crippen LogP contribution in [0.1, 0.15) is 31.8 Å². The van der Waals surface area contributed by atoms with Crippen LogP contribution in [0.4, 0.5) is 5.69 Å². The van der Waals surface area contributed by atoms with Gasteiger partial charge in [0.1, 0.15) is 7.85 Å². The number of nitrogens with one attached hydrogen (secondary N) is 1. The third-order valence-electron chi connectivity index (χ3n) is 3.55. The Morgan fingerprint density at radius 3 is 2.05 bits per heavy atom. The van der Waals surface area contributed by atoms with E-state index in [1.165, 1.54) is 0 Å². The van der Waals surface area contributed by atoms with Gasteiger partial charge in [-0.3, -0.25) is 9.59 Å². The first kappa shape index (κ1) is 11.7. The normalized spacial score (nSPS) is 12.9. The molecule has 2 aromatic carbocycles. The molecule has 1 N–H and O–H groups in total. The number of rotatable bonds is 1. The van der Waals surface area contributed by atoms with Crippen molar-refractivity contribution in [2.75, 3.05) is 12.4 Å². The summed E-state index contributed by atoms with van der Waals surface area (Å²) in [5, 5.41) is 2.99. The predicted molar refractivity (Wildman–Crippen MR) is 77.5 cm³/mol. The summed E-state index contributed by atoms with van der Waals surface area (Å²) < 4.78 is 0. The summed E-state index contributed by atoms with van der Waals surface area (Å²) in [5.41, 5.74) is 3.54. The first-order valence-electron chi connectivity index (χ1n) is 6.15. The largest absolute Gasteiger partial charge is 0.388 e. The molecule has 2 aromatic rings. The molecule has 0 atom stereocenters. The van der Waals surface area contributed by atoms with Crippen molar-refractivity contribution in [3.63, 3.8) is 0 Å². The van der Waals surface area contributed by atoms with Crippen LogP contribution in [0.2, 0.25) is 0 Å². The van der Waals surface area contributed by atoms with Crippen molar-refractivity contribution in [1.29, 1.82) is 0 Å². The smallest absolute Gasteiger partial charge is 0.196 e. The Hall–Kier alpha value is -2.36. The summed E-state index contributed by atoms with van der Waals surface area (Å²) in [5.74, 6) is -0.155. The van der Waals surface area contributed by atoms with E-state index in [4.69, 9.17) is 0 Å². The van der Waals surface area contributed by atoms with Crippen LogP contribution in [0.5, 0.6) is 0 Å². The molecule has 0 amide bonds. The van der Waals surface area contributed by atoms with Crippen LogP contribution in [-0.4, -0.2) is 26.5 Å². The molecule has 1 aliphatic carbocycles. The maximum atomic E-state index is 12.6. The highest BCUT2D eigenvalue weighted by Crippen LogP contribution is 2.30. The van der Waals surface area contributed by atoms with Gasteiger partial charge in [-0.2, -0.15) is 0 Å². The van der Waals surface area contributed by atoms with Gasteiger partial charge in [0, 0.05) is 29.4 Å². The Morgan fingerprint density at radius 2 is 1.47 bits per heavy atom. The maximum Gasteiger partial charge on any atom is 0.196 e. The highest BCUT2D eigenvalue weighted by molar-refractivity contribution is 6.42. The van der Waals surface area contributed by atoms with Crippen LogP contribution < -0.4 is 10.8 Å². The third-order valence-corrected chi connectivity index (χ3v) is 3.55. The van der Waals surface area contributed by atoms with Gasteiger partial charge in [0.15, 0.2) is 11.6 Å². The molecule has 0 saturated carbocycles. The number of ketones is 2. The molecular formula is C15H12BNO2. The average molecular weight is 249 g/mol. The quantitative estimate of drug-likeness (QED) is 0.648. The van der Waals surface area contributed by atoms with E-state index in [-0.39, 0.29) is 11.6 Å². The Bertz CT molecular complexity index is 722. The summed E-state index contributed by atoms with van der Waals surface area (Å²) in [4.78, 5) is 25.2. The van der Waals surface area contributed by atoms with Crippen molar-refractivity contribution in [3.05, 3.63) is 58.7 Å². The molecule has 0 aliphatic heterocycles. The summed E-state index contributed by atoms with van der Waals surface area (Å²) >= 11 is 0. The lowest BCUT2D eigenvalue weighted by molar-refractivity contribution is 0.0980. The highest BCUT2D eigenvalue weighted by atomic mass is 16.1. The summed E-state index contributed by atoms with van der Waals surface area (Å²) in [6.45, 7) is 0. The van der Waals surface area contributed by atoms with Gasteiger partial charge in [-0.25, -0.2) is 0 Å². The lowest BCUT2D eigenvalue weighted by Crippen LogP contribution is -2.29. The van der Waals surface area contributed by atoms with Gasteiger partial charge in [0.25, 0.3) is 0 Å². The molecule has 0 heterocycles. The average Bonchev–Trinajstić information content (AvgIpc) is 2.44. The fraction of sp³-hybridized carbons (Fsp3) is 0.0667. The van der Waals surface area contributed by atoms with Crippen LogP contribution in [0.15, 0.2) is 36.4 Å². The minimum atomic E-state index is -0.0850. The lowest BCUT2D eigenvalue weighted by atomic mass is 9.76. The molecule has 0 radical (unpaired) electrons. The molecule has 92 valence electrons. The van der Waals surface area contributed by atoms with Crippen LogP contribution in [-0.2, 0) is 0 Å². The topological polar surface area (TPSA) is 46.2 Å². The van der Waals surface area contributed by atoms with E-state index >= 15 is 0 Å². The second kappa shape index (κ2) is 4.09. The minimum absolute atomic E-state index is 0.0696. The van der Waals surface area contributed by atoms with E-state index in [0.29, 0.717) is 27.9 Å². The molecule has 0 fully saturated rings. The molecule has 3 nitrogen and oxygen atoms in total. The molecule has 0 unspecified atom stereocenters. The zero-order chi connectivity index (χ0) is 13.6. The van der Waals surface area contributed by atoms with Crippen molar-refractivity contribution < 1.29 is 9.59 Å². The number of carbonyl (C=O) groups is 2. The van der Waals surface area contributed by atoms with E-state index in [1.807, 2.05) is 20.0 Å². The van der Waals surface area contributed by atoms with E-state index in [1.54, 1.807) is 31.3 Å². The third kappa shape index (κ3) is 1.53. The molecule has 0 aromatic heterocycles. The molecule has 19 heavy (non-hydrogen) atoms. The van der Waals surface area contributed by atoms with Gasteiger partial charge >= 0.3 is 0 Å². The van der Waals surface area contributed by atoms with Crippen LogP contribution in [0, 0.1) is 0 Å². The van der Waals surface area contributed by atoms with Crippen molar-refractivity contribution in [2.45, 2.75) is 0 Å². The fourth-order valence-electron chi connectivity index (χ4n) is 2.59. The predicted octanol–water partition coefficient (Wildman–Crippen LogP) is 0.762. The van der Waals surface area contributed by atoms with Gasteiger partial charge < -0.3 is 5.32 Å². The Balaban J connectivity index is 2.38. The standard InChI is InChI=1S/C15H12BNO2/c1-17-11-7-6-10(16)12-13(11)15(19)9-5-3-2-4-8(9)14(12)18/h2-7,17H,16H2,1H3. The summed E-state index contributed by atoms with van der Waals surface area (Å²) in [6, 6.07) is 10.7. The van der Waals surface area contributed by atoms with Gasteiger partial charge in [-0.05, 0) is 6.07 Å². The van der Waals surface area contributed by atoms with Crippen LogP contribution >= 0.6 is 0 Å². The highest BCUT2D eigenvalue weighted by Gasteiger charge is 2.32. The lowest BCUT2D eigenvalue weighted by Gasteiger charge is -2.21. The second-order valence-corrected chi connectivity index (χ2v) is 4.63. The van der Waals surface area contributed by atoms with Crippen LogP contribution in [0.3, 0.4) is 0 Å². The first-order chi connectivity index (χ1) is 9.15. The number of fused-ring (bicyclic) bond motifs is 2. The zero-order valence-electron chi connectivity index (χ0n) is 10.8. The number of carbonyl (C=O) groups excluding carboxylic acids is 2. The maximum absolute atomic E-state index is 12.6. The van der Waals surface area contributed by atoms with E-state index in [0.717, 1.165) is 5.46 Å². The summed E-state index contributed by atoms with van der Waals surface area (Å²) in [6.07, 6.45) is 0. The molecular weight excluding hydrogens is 237 g/mol. The Labute approximate surface area is 112 Å². The number of anilines is 1. The molecule has 1 aliphatic rings. The van der Waals surface area contributed by atoms with Crippen molar-refractivity contribution >= 4 is 30.6 Å².